The SMILES string of the molecule is COc1cc(C)nc(C(Cl)c2ccc(F)cc2N)n1. The molecule has 1 atom stereocenters. The zero-order valence-corrected chi connectivity index (χ0v) is 11.3. The third-order valence-corrected chi connectivity index (χ3v) is 3.04. The number of hydrogen-bond donors (Lipinski definition) is 1. The van der Waals surface area contributed by atoms with Gasteiger partial charge in [-0.1, -0.05) is 6.07 Å². The molecular weight excluding hydrogens is 269 g/mol. The smallest absolute Gasteiger partial charge is 0.216 e. The Balaban J connectivity index is 2.43. The number of hydrogen-bond acceptors (Lipinski definition) is 4. The van der Waals surface area contributed by atoms with Crippen molar-refractivity contribution in [2.24, 2.45) is 0 Å². The van der Waals surface area contributed by atoms with Gasteiger partial charge in [0, 0.05) is 23.0 Å². The van der Waals surface area contributed by atoms with Gasteiger partial charge in [-0.2, -0.15) is 4.98 Å². The molecule has 1 heterocycles. The van der Waals surface area contributed by atoms with Gasteiger partial charge >= 0.3 is 0 Å². The second-order valence-electron chi connectivity index (χ2n) is 4.05. The number of methoxy groups -OCH3 is 1. The van der Waals surface area contributed by atoms with E-state index in [0.29, 0.717) is 17.3 Å². The van der Waals surface area contributed by atoms with Gasteiger partial charge in [0.2, 0.25) is 5.88 Å². The summed E-state index contributed by atoms with van der Waals surface area (Å²) in [7, 11) is 1.51. The summed E-state index contributed by atoms with van der Waals surface area (Å²) in [5.74, 6) is 0.388. The van der Waals surface area contributed by atoms with Crippen LogP contribution in [0.25, 0.3) is 0 Å². The van der Waals surface area contributed by atoms with Gasteiger partial charge < -0.3 is 10.5 Å². The van der Waals surface area contributed by atoms with E-state index in [1.165, 1.54) is 25.3 Å². The third-order valence-electron chi connectivity index (χ3n) is 2.61. The van der Waals surface area contributed by atoms with Crippen molar-refractivity contribution in [2.75, 3.05) is 12.8 Å². The van der Waals surface area contributed by atoms with E-state index < -0.39 is 11.2 Å². The molecule has 100 valence electrons. The van der Waals surface area contributed by atoms with Crippen LogP contribution < -0.4 is 10.5 Å². The molecule has 0 fully saturated rings. The molecule has 1 unspecified atom stereocenters. The van der Waals surface area contributed by atoms with Crippen LogP contribution in [0.15, 0.2) is 24.3 Å². The highest BCUT2D eigenvalue weighted by Crippen LogP contribution is 2.31. The first kappa shape index (κ1) is 13.5. The molecule has 6 heteroatoms. The maximum atomic E-state index is 13.0. The van der Waals surface area contributed by atoms with Gasteiger partial charge in [-0.15, -0.1) is 11.6 Å². The van der Waals surface area contributed by atoms with E-state index in [2.05, 4.69) is 9.97 Å². The van der Waals surface area contributed by atoms with Crippen LogP contribution in [-0.4, -0.2) is 17.1 Å². The lowest BCUT2D eigenvalue weighted by molar-refractivity contribution is 0.394. The van der Waals surface area contributed by atoms with Gasteiger partial charge in [-0.3, -0.25) is 0 Å². The number of rotatable bonds is 3. The number of aromatic nitrogens is 2. The van der Waals surface area contributed by atoms with E-state index in [-0.39, 0.29) is 5.69 Å². The lowest BCUT2D eigenvalue weighted by Crippen LogP contribution is -2.06. The number of ether oxygens (including phenoxy) is 1. The van der Waals surface area contributed by atoms with Crippen molar-refractivity contribution in [3.8, 4) is 5.88 Å². The molecule has 0 bridgehead atoms. The van der Waals surface area contributed by atoms with E-state index in [9.17, 15) is 4.39 Å². The molecule has 2 N–H and O–H groups in total. The van der Waals surface area contributed by atoms with Gasteiger partial charge in [-0.25, -0.2) is 9.37 Å². The number of benzene rings is 1. The number of halogens is 2. The van der Waals surface area contributed by atoms with Gasteiger partial charge in [0.15, 0.2) is 5.82 Å². The third kappa shape index (κ3) is 2.93. The Morgan fingerprint density at radius 1 is 1.32 bits per heavy atom. The summed E-state index contributed by atoms with van der Waals surface area (Å²) in [6.07, 6.45) is 0. The summed E-state index contributed by atoms with van der Waals surface area (Å²) in [6, 6.07) is 5.74. The molecule has 0 aliphatic rings. The van der Waals surface area contributed by atoms with Crippen molar-refractivity contribution >= 4 is 17.3 Å². The van der Waals surface area contributed by atoms with Crippen LogP contribution in [0.2, 0.25) is 0 Å². The van der Waals surface area contributed by atoms with Crippen molar-refractivity contribution < 1.29 is 9.13 Å². The highest BCUT2D eigenvalue weighted by molar-refractivity contribution is 6.22. The number of nitrogens with zero attached hydrogens (tertiary/aromatic N) is 2. The summed E-state index contributed by atoms with van der Waals surface area (Å²) >= 11 is 6.31. The zero-order valence-electron chi connectivity index (χ0n) is 10.5. The molecular formula is C13H13ClFN3O. The summed E-state index contributed by atoms with van der Waals surface area (Å²) < 4.78 is 18.1. The van der Waals surface area contributed by atoms with Crippen LogP contribution in [0, 0.1) is 12.7 Å². The zero-order chi connectivity index (χ0) is 14.0. The molecule has 0 aliphatic carbocycles. The largest absolute Gasteiger partial charge is 0.481 e. The Hall–Kier alpha value is -1.88. The molecule has 0 spiro atoms. The average Bonchev–Trinajstić information content (AvgIpc) is 2.37. The average molecular weight is 282 g/mol. The minimum absolute atomic E-state index is 0.268. The monoisotopic (exact) mass is 281 g/mol. The van der Waals surface area contributed by atoms with E-state index >= 15 is 0 Å². The first-order valence-corrected chi connectivity index (χ1v) is 6.03. The number of alkyl halides is 1. The summed E-state index contributed by atoms with van der Waals surface area (Å²) in [5, 5.41) is -0.658. The lowest BCUT2D eigenvalue weighted by atomic mass is 10.1. The van der Waals surface area contributed by atoms with Crippen molar-refractivity contribution in [3.05, 3.63) is 47.2 Å². The van der Waals surface area contributed by atoms with Crippen LogP contribution >= 0.6 is 11.6 Å². The minimum Gasteiger partial charge on any atom is -0.481 e. The van der Waals surface area contributed by atoms with Crippen LogP contribution in [-0.2, 0) is 0 Å². The highest BCUT2D eigenvalue weighted by atomic mass is 35.5. The number of nitrogens with two attached hydrogens (primary N) is 1. The molecule has 2 aromatic rings. The summed E-state index contributed by atoms with van der Waals surface area (Å²) in [4.78, 5) is 8.43. The summed E-state index contributed by atoms with van der Waals surface area (Å²) in [5.41, 5.74) is 7.32. The fourth-order valence-electron chi connectivity index (χ4n) is 1.70. The van der Waals surface area contributed by atoms with E-state index in [1.54, 1.807) is 6.07 Å². The predicted molar refractivity (Wildman–Crippen MR) is 71.8 cm³/mol. The quantitative estimate of drug-likeness (QED) is 0.694. The van der Waals surface area contributed by atoms with Gasteiger partial charge in [0.05, 0.1) is 7.11 Å². The first-order valence-electron chi connectivity index (χ1n) is 5.60. The van der Waals surface area contributed by atoms with Gasteiger partial charge in [-0.05, 0) is 19.1 Å². The van der Waals surface area contributed by atoms with Crippen LogP contribution in [0.4, 0.5) is 10.1 Å². The fraction of sp³-hybridized carbons (Fsp3) is 0.231. The van der Waals surface area contributed by atoms with E-state index in [1.807, 2.05) is 6.92 Å². The summed E-state index contributed by atoms with van der Waals surface area (Å²) in [6.45, 7) is 1.81. The number of aryl methyl sites for hydroxylation is 1. The highest BCUT2D eigenvalue weighted by Gasteiger charge is 2.18. The minimum atomic E-state index is -0.658. The molecule has 2 rings (SSSR count). The Morgan fingerprint density at radius 2 is 2.05 bits per heavy atom. The number of anilines is 1. The Kier molecular flexibility index (Phi) is 3.85. The van der Waals surface area contributed by atoms with Crippen molar-refractivity contribution in [1.29, 1.82) is 0 Å². The van der Waals surface area contributed by atoms with Crippen LogP contribution in [0.3, 0.4) is 0 Å². The molecule has 0 saturated heterocycles. The Labute approximate surface area is 115 Å². The predicted octanol–water partition coefficient (Wildman–Crippen LogP) is 2.84. The molecule has 1 aromatic carbocycles. The van der Waals surface area contributed by atoms with Gasteiger partial charge in [0.25, 0.3) is 0 Å². The van der Waals surface area contributed by atoms with Crippen molar-refractivity contribution in [2.45, 2.75) is 12.3 Å². The topological polar surface area (TPSA) is 61.0 Å². The van der Waals surface area contributed by atoms with Crippen LogP contribution in [0.1, 0.15) is 22.5 Å². The van der Waals surface area contributed by atoms with E-state index in [0.717, 1.165) is 5.69 Å². The maximum absolute atomic E-state index is 13.0. The maximum Gasteiger partial charge on any atom is 0.216 e. The standard InChI is InChI=1S/C13H13ClFN3O/c1-7-5-11(19-2)18-13(17-7)12(14)9-4-3-8(15)6-10(9)16/h3-6,12H,16H2,1-2H3. The Bertz CT molecular complexity index is 606. The molecule has 0 aliphatic heterocycles. The second-order valence-corrected chi connectivity index (χ2v) is 4.48. The first-order chi connectivity index (χ1) is 9.01. The fourth-order valence-corrected chi connectivity index (χ4v) is 1.99. The Morgan fingerprint density at radius 3 is 2.68 bits per heavy atom. The number of nitrogen functional groups attached to an aromatic ring is 1. The molecule has 0 amide bonds. The molecule has 0 saturated carbocycles. The normalized spacial score (nSPS) is 12.2. The van der Waals surface area contributed by atoms with Crippen molar-refractivity contribution in [1.82, 2.24) is 9.97 Å². The molecule has 4 nitrogen and oxygen atoms in total. The van der Waals surface area contributed by atoms with Crippen LogP contribution in [0.5, 0.6) is 5.88 Å². The van der Waals surface area contributed by atoms with Crippen molar-refractivity contribution in [3.63, 3.8) is 0 Å². The molecule has 0 radical (unpaired) electrons. The molecule has 19 heavy (non-hydrogen) atoms. The lowest BCUT2D eigenvalue weighted by Gasteiger charge is -2.12. The van der Waals surface area contributed by atoms with Gasteiger partial charge in [0.1, 0.15) is 11.2 Å². The van der Waals surface area contributed by atoms with E-state index in [4.69, 9.17) is 22.1 Å². The molecule has 1 aromatic heterocycles. The second kappa shape index (κ2) is 5.40.